The molecular formula is C12H14FN3OS. The molecule has 2 aromatic rings. The first kappa shape index (κ1) is 12.9. The number of benzene rings is 1. The summed E-state index contributed by atoms with van der Waals surface area (Å²) in [7, 11) is 1.44. The van der Waals surface area contributed by atoms with E-state index in [0.717, 1.165) is 10.6 Å². The molecule has 18 heavy (non-hydrogen) atoms. The first-order valence-corrected chi connectivity index (χ1v) is 6.26. The molecule has 2 N–H and O–H groups in total. The first-order chi connectivity index (χ1) is 8.63. The largest absolute Gasteiger partial charge is 0.494 e. The molecule has 1 aromatic carbocycles. The van der Waals surface area contributed by atoms with Crippen LogP contribution in [0.3, 0.4) is 0 Å². The Kier molecular flexibility index (Phi) is 3.88. The van der Waals surface area contributed by atoms with Crippen LogP contribution in [0.5, 0.6) is 5.75 Å². The Hall–Kier alpha value is -1.53. The molecule has 4 nitrogen and oxygen atoms in total. The van der Waals surface area contributed by atoms with Crippen LogP contribution in [0.2, 0.25) is 0 Å². The number of hydrogen-bond donors (Lipinski definition) is 1. The minimum Gasteiger partial charge on any atom is -0.494 e. The molecule has 0 saturated heterocycles. The van der Waals surface area contributed by atoms with E-state index in [4.69, 9.17) is 10.5 Å². The minimum atomic E-state index is -0.356. The highest BCUT2D eigenvalue weighted by molar-refractivity contribution is 7.05. The van der Waals surface area contributed by atoms with Crippen molar-refractivity contribution >= 4 is 11.5 Å². The van der Waals surface area contributed by atoms with Gasteiger partial charge in [0, 0.05) is 6.04 Å². The fourth-order valence-corrected chi connectivity index (χ4v) is 2.42. The number of aromatic nitrogens is 2. The van der Waals surface area contributed by atoms with Gasteiger partial charge in [-0.25, -0.2) is 4.39 Å². The molecule has 2 rings (SSSR count). The van der Waals surface area contributed by atoms with E-state index in [2.05, 4.69) is 9.59 Å². The second-order valence-electron chi connectivity index (χ2n) is 3.97. The van der Waals surface area contributed by atoms with Crippen molar-refractivity contribution in [3.63, 3.8) is 0 Å². The van der Waals surface area contributed by atoms with Gasteiger partial charge in [-0.3, -0.25) is 0 Å². The van der Waals surface area contributed by atoms with Crippen LogP contribution in [0, 0.1) is 12.7 Å². The Morgan fingerprint density at radius 1 is 1.50 bits per heavy atom. The summed E-state index contributed by atoms with van der Waals surface area (Å²) in [6.07, 6.45) is 0.397. The zero-order valence-electron chi connectivity index (χ0n) is 10.2. The van der Waals surface area contributed by atoms with Gasteiger partial charge in [0.05, 0.1) is 17.7 Å². The predicted molar refractivity (Wildman–Crippen MR) is 68.2 cm³/mol. The highest BCUT2D eigenvalue weighted by Crippen LogP contribution is 2.26. The average Bonchev–Trinajstić information content (AvgIpc) is 2.78. The average molecular weight is 267 g/mol. The molecule has 0 spiro atoms. The number of halogens is 1. The van der Waals surface area contributed by atoms with E-state index in [1.807, 2.05) is 6.92 Å². The van der Waals surface area contributed by atoms with Gasteiger partial charge < -0.3 is 10.5 Å². The summed E-state index contributed by atoms with van der Waals surface area (Å²) in [6, 6.07) is 4.75. The van der Waals surface area contributed by atoms with Gasteiger partial charge in [-0.15, -0.1) is 5.10 Å². The van der Waals surface area contributed by atoms with Crippen LogP contribution in [0.4, 0.5) is 4.39 Å². The van der Waals surface area contributed by atoms with Crippen molar-refractivity contribution in [1.29, 1.82) is 0 Å². The van der Waals surface area contributed by atoms with Gasteiger partial charge in [-0.1, -0.05) is 16.6 Å². The Morgan fingerprint density at radius 2 is 2.28 bits per heavy atom. The molecule has 0 aliphatic heterocycles. The second-order valence-corrected chi connectivity index (χ2v) is 4.75. The van der Waals surface area contributed by atoms with Crippen LogP contribution in [0.25, 0.3) is 0 Å². The number of rotatable bonds is 4. The van der Waals surface area contributed by atoms with E-state index in [1.165, 1.54) is 18.6 Å². The summed E-state index contributed by atoms with van der Waals surface area (Å²) in [5.74, 6) is -0.121. The smallest absolute Gasteiger partial charge is 0.168 e. The maximum absolute atomic E-state index is 14.0. The summed E-state index contributed by atoms with van der Waals surface area (Å²) in [5, 5.41) is 3.91. The van der Waals surface area contributed by atoms with E-state index in [1.54, 1.807) is 18.2 Å². The fourth-order valence-electron chi connectivity index (χ4n) is 1.78. The van der Waals surface area contributed by atoms with Crippen molar-refractivity contribution in [3.05, 3.63) is 40.2 Å². The highest BCUT2D eigenvalue weighted by Gasteiger charge is 2.17. The number of methoxy groups -OCH3 is 1. The molecule has 1 aromatic heterocycles. The van der Waals surface area contributed by atoms with Gasteiger partial charge in [0.1, 0.15) is 0 Å². The van der Waals surface area contributed by atoms with E-state index >= 15 is 0 Å². The third-order valence-electron chi connectivity index (χ3n) is 2.73. The van der Waals surface area contributed by atoms with Gasteiger partial charge in [-0.05, 0) is 36.5 Å². The topological polar surface area (TPSA) is 61.0 Å². The van der Waals surface area contributed by atoms with Gasteiger partial charge in [-0.2, -0.15) is 0 Å². The molecule has 0 amide bonds. The molecule has 6 heteroatoms. The van der Waals surface area contributed by atoms with Crippen LogP contribution >= 0.6 is 11.5 Å². The number of hydrogen-bond acceptors (Lipinski definition) is 5. The normalized spacial score (nSPS) is 12.4. The molecule has 1 atom stereocenters. The van der Waals surface area contributed by atoms with Crippen molar-refractivity contribution in [2.75, 3.05) is 7.11 Å². The van der Waals surface area contributed by atoms with Crippen molar-refractivity contribution in [2.45, 2.75) is 19.4 Å². The Balaban J connectivity index is 2.22. The molecule has 1 unspecified atom stereocenters. The minimum absolute atomic E-state index is 0.235. The van der Waals surface area contributed by atoms with Gasteiger partial charge in [0.2, 0.25) is 0 Å². The lowest BCUT2D eigenvalue weighted by Crippen LogP contribution is -2.14. The summed E-state index contributed by atoms with van der Waals surface area (Å²) < 4.78 is 22.7. The number of ether oxygens (including phenoxy) is 1. The van der Waals surface area contributed by atoms with Crippen LogP contribution < -0.4 is 10.5 Å². The second kappa shape index (κ2) is 5.41. The third-order valence-corrected chi connectivity index (χ3v) is 3.68. The Morgan fingerprint density at radius 3 is 2.89 bits per heavy atom. The van der Waals surface area contributed by atoms with Gasteiger partial charge >= 0.3 is 0 Å². The first-order valence-electron chi connectivity index (χ1n) is 5.49. The van der Waals surface area contributed by atoms with Gasteiger partial charge in [0.15, 0.2) is 11.6 Å². The summed E-state index contributed by atoms with van der Waals surface area (Å²) in [4.78, 5) is 0.886. The predicted octanol–water partition coefficient (Wildman–Crippen LogP) is 2.24. The van der Waals surface area contributed by atoms with E-state index in [-0.39, 0.29) is 17.6 Å². The third kappa shape index (κ3) is 2.49. The molecular weight excluding hydrogens is 253 g/mol. The molecule has 1 heterocycles. The van der Waals surface area contributed by atoms with Crippen LogP contribution in [0.15, 0.2) is 18.2 Å². The Bertz CT molecular complexity index is 544. The summed E-state index contributed by atoms with van der Waals surface area (Å²) in [5.41, 5.74) is 7.39. The maximum Gasteiger partial charge on any atom is 0.168 e. The molecule has 0 bridgehead atoms. The van der Waals surface area contributed by atoms with Crippen molar-refractivity contribution in [2.24, 2.45) is 5.73 Å². The number of nitrogens with zero attached hydrogens (tertiary/aromatic N) is 2. The summed E-state index contributed by atoms with van der Waals surface area (Å²) in [6.45, 7) is 1.85. The Labute approximate surface area is 109 Å². The highest BCUT2D eigenvalue weighted by atomic mass is 32.1. The lowest BCUT2D eigenvalue weighted by atomic mass is 10.0. The lowest BCUT2D eigenvalue weighted by Gasteiger charge is -2.12. The molecule has 0 aliphatic rings. The maximum atomic E-state index is 14.0. The zero-order valence-corrected chi connectivity index (χ0v) is 11.0. The van der Waals surface area contributed by atoms with Crippen LogP contribution in [-0.4, -0.2) is 16.7 Å². The number of nitrogens with two attached hydrogens (primary N) is 1. The van der Waals surface area contributed by atoms with E-state index in [9.17, 15) is 4.39 Å². The van der Waals surface area contributed by atoms with E-state index in [0.29, 0.717) is 12.0 Å². The van der Waals surface area contributed by atoms with Crippen molar-refractivity contribution < 1.29 is 9.13 Å². The van der Waals surface area contributed by atoms with Crippen LogP contribution in [-0.2, 0) is 6.42 Å². The molecule has 0 saturated carbocycles. The van der Waals surface area contributed by atoms with E-state index < -0.39 is 0 Å². The molecule has 96 valence electrons. The molecule has 0 aliphatic carbocycles. The van der Waals surface area contributed by atoms with Crippen LogP contribution in [0.1, 0.15) is 22.2 Å². The number of aryl methyl sites for hydroxylation is 1. The standard InChI is InChI=1S/C12H14FN3OS/c1-7-12(18-16-15-7)9(14)6-8-4-3-5-10(17-2)11(8)13/h3-5,9H,6,14H2,1-2H3. The SMILES string of the molecule is COc1cccc(CC(N)c2snnc2C)c1F. The molecule has 0 fully saturated rings. The quantitative estimate of drug-likeness (QED) is 0.922. The lowest BCUT2D eigenvalue weighted by molar-refractivity contribution is 0.383. The van der Waals surface area contributed by atoms with Crippen molar-refractivity contribution in [1.82, 2.24) is 9.59 Å². The molecule has 0 radical (unpaired) electrons. The monoisotopic (exact) mass is 267 g/mol. The zero-order chi connectivity index (χ0) is 13.1. The fraction of sp³-hybridized carbons (Fsp3) is 0.333. The van der Waals surface area contributed by atoms with Crippen molar-refractivity contribution in [3.8, 4) is 5.75 Å². The summed E-state index contributed by atoms with van der Waals surface area (Å²) >= 11 is 1.25. The van der Waals surface area contributed by atoms with Gasteiger partial charge in [0.25, 0.3) is 0 Å².